The maximum atomic E-state index is 5.59. The number of hydrogen-bond acceptors (Lipinski definition) is 4. The molecule has 18 heavy (non-hydrogen) atoms. The van der Waals surface area contributed by atoms with Crippen LogP contribution in [-0.4, -0.2) is 31.0 Å². The molecule has 0 fully saturated rings. The third-order valence-electron chi connectivity index (χ3n) is 2.47. The van der Waals surface area contributed by atoms with E-state index in [1.165, 1.54) is 4.90 Å². The van der Waals surface area contributed by atoms with Crippen molar-refractivity contribution in [3.05, 3.63) is 24.3 Å². The fourth-order valence-electron chi connectivity index (χ4n) is 1.63. The van der Waals surface area contributed by atoms with Crippen LogP contribution < -0.4 is 10.5 Å². The van der Waals surface area contributed by atoms with Gasteiger partial charge < -0.3 is 10.5 Å². The van der Waals surface area contributed by atoms with Crippen LogP contribution in [-0.2, 0) is 0 Å². The smallest absolute Gasteiger partial charge is 0.118 e. The second-order valence-corrected chi connectivity index (χ2v) is 5.86. The van der Waals surface area contributed by atoms with Gasteiger partial charge in [0.05, 0.1) is 7.11 Å². The zero-order valence-corrected chi connectivity index (χ0v) is 12.4. The highest BCUT2D eigenvalue weighted by molar-refractivity contribution is 7.97. The van der Waals surface area contributed by atoms with Crippen LogP contribution >= 0.6 is 11.9 Å². The van der Waals surface area contributed by atoms with E-state index < -0.39 is 0 Å². The molecule has 102 valence electrons. The first kappa shape index (κ1) is 15.3. The lowest BCUT2D eigenvalue weighted by Crippen LogP contribution is -2.23. The minimum atomic E-state index is 0.661. The number of benzene rings is 1. The van der Waals surface area contributed by atoms with Crippen molar-refractivity contribution in [1.29, 1.82) is 0 Å². The SMILES string of the molecule is COc1ccc(SN(CCCN)CC(C)C)cc1. The standard InChI is InChI=1S/C14H24N2OS/c1-12(2)11-16(10-4-9-15)18-14-7-5-13(17-3)6-8-14/h5-8,12H,4,9-11,15H2,1-3H3. The molecule has 1 aromatic rings. The van der Waals surface area contributed by atoms with E-state index >= 15 is 0 Å². The second-order valence-electron chi connectivity index (χ2n) is 4.69. The quantitative estimate of drug-likeness (QED) is 0.736. The molecule has 0 aliphatic heterocycles. The summed E-state index contributed by atoms with van der Waals surface area (Å²) in [6.45, 7) is 7.34. The van der Waals surface area contributed by atoms with Crippen LogP contribution in [0.3, 0.4) is 0 Å². The van der Waals surface area contributed by atoms with Crippen molar-refractivity contribution >= 4 is 11.9 Å². The summed E-state index contributed by atoms with van der Waals surface area (Å²) < 4.78 is 7.55. The van der Waals surface area contributed by atoms with Gasteiger partial charge in [-0.05, 0) is 55.1 Å². The Labute approximate surface area is 115 Å². The number of hydrogen-bond donors (Lipinski definition) is 1. The van der Waals surface area contributed by atoms with Crippen molar-refractivity contribution in [3.63, 3.8) is 0 Å². The fraction of sp³-hybridized carbons (Fsp3) is 0.571. The van der Waals surface area contributed by atoms with E-state index in [4.69, 9.17) is 10.5 Å². The van der Waals surface area contributed by atoms with Gasteiger partial charge in [0.1, 0.15) is 5.75 Å². The number of nitrogens with zero attached hydrogens (tertiary/aromatic N) is 1. The number of methoxy groups -OCH3 is 1. The topological polar surface area (TPSA) is 38.5 Å². The van der Waals surface area contributed by atoms with Crippen LogP contribution in [0.25, 0.3) is 0 Å². The summed E-state index contributed by atoms with van der Waals surface area (Å²) in [5, 5.41) is 0. The molecule has 4 heteroatoms. The van der Waals surface area contributed by atoms with Gasteiger partial charge in [0.15, 0.2) is 0 Å². The Morgan fingerprint density at radius 1 is 1.28 bits per heavy atom. The fourth-order valence-corrected chi connectivity index (χ4v) is 2.78. The molecule has 1 aromatic carbocycles. The normalized spacial score (nSPS) is 11.2. The van der Waals surface area contributed by atoms with Gasteiger partial charge >= 0.3 is 0 Å². The summed E-state index contributed by atoms with van der Waals surface area (Å²) >= 11 is 1.80. The molecule has 0 aromatic heterocycles. The van der Waals surface area contributed by atoms with Crippen molar-refractivity contribution in [2.45, 2.75) is 25.2 Å². The molecule has 0 saturated heterocycles. The van der Waals surface area contributed by atoms with Crippen molar-refractivity contribution in [1.82, 2.24) is 4.31 Å². The van der Waals surface area contributed by atoms with Crippen LogP contribution in [0.4, 0.5) is 0 Å². The van der Waals surface area contributed by atoms with Crippen LogP contribution in [0.5, 0.6) is 5.75 Å². The first-order chi connectivity index (χ1) is 8.65. The van der Waals surface area contributed by atoms with Crippen molar-refractivity contribution < 1.29 is 4.74 Å². The Kier molecular flexibility index (Phi) is 7.16. The predicted octanol–water partition coefficient (Wildman–Crippen LogP) is 3.01. The van der Waals surface area contributed by atoms with Gasteiger partial charge in [-0.25, -0.2) is 4.31 Å². The summed E-state index contributed by atoms with van der Waals surface area (Å²) in [4.78, 5) is 1.24. The minimum Gasteiger partial charge on any atom is -0.497 e. The van der Waals surface area contributed by atoms with E-state index in [1.54, 1.807) is 19.1 Å². The predicted molar refractivity (Wildman–Crippen MR) is 78.9 cm³/mol. The molecule has 0 saturated carbocycles. The molecule has 0 atom stereocenters. The van der Waals surface area contributed by atoms with E-state index in [0.29, 0.717) is 5.92 Å². The highest BCUT2D eigenvalue weighted by Gasteiger charge is 2.09. The lowest BCUT2D eigenvalue weighted by Gasteiger charge is -2.22. The van der Waals surface area contributed by atoms with E-state index in [1.807, 2.05) is 12.1 Å². The highest BCUT2D eigenvalue weighted by atomic mass is 32.2. The molecule has 0 aliphatic rings. The van der Waals surface area contributed by atoms with Gasteiger partial charge in [0.2, 0.25) is 0 Å². The van der Waals surface area contributed by atoms with Gasteiger partial charge in [-0.15, -0.1) is 0 Å². The van der Waals surface area contributed by atoms with E-state index in [0.717, 1.165) is 31.8 Å². The van der Waals surface area contributed by atoms with Gasteiger partial charge in [-0.1, -0.05) is 13.8 Å². The first-order valence-corrected chi connectivity index (χ1v) is 7.20. The zero-order chi connectivity index (χ0) is 13.4. The summed E-state index contributed by atoms with van der Waals surface area (Å²) in [7, 11) is 1.69. The monoisotopic (exact) mass is 268 g/mol. The Hall–Kier alpha value is -0.710. The zero-order valence-electron chi connectivity index (χ0n) is 11.6. The summed E-state index contributed by atoms with van der Waals surface area (Å²) in [5.74, 6) is 1.56. The minimum absolute atomic E-state index is 0.661. The number of rotatable bonds is 8. The molecular weight excluding hydrogens is 244 g/mol. The van der Waals surface area contributed by atoms with E-state index in [-0.39, 0.29) is 0 Å². The Bertz CT molecular complexity index is 327. The maximum absolute atomic E-state index is 5.59. The highest BCUT2D eigenvalue weighted by Crippen LogP contribution is 2.25. The molecule has 0 amide bonds. The third-order valence-corrected chi connectivity index (χ3v) is 3.55. The maximum Gasteiger partial charge on any atom is 0.118 e. The van der Waals surface area contributed by atoms with Crippen molar-refractivity contribution in [3.8, 4) is 5.75 Å². The average molecular weight is 268 g/mol. The summed E-state index contributed by atoms with van der Waals surface area (Å²) in [6, 6.07) is 8.19. The molecule has 0 unspecified atom stereocenters. The molecule has 0 radical (unpaired) electrons. The van der Waals surface area contributed by atoms with Crippen molar-refractivity contribution in [2.24, 2.45) is 11.7 Å². The van der Waals surface area contributed by atoms with Crippen LogP contribution in [0.2, 0.25) is 0 Å². The molecule has 0 bridgehead atoms. The van der Waals surface area contributed by atoms with Gasteiger partial charge in [0, 0.05) is 18.0 Å². The third kappa shape index (κ3) is 5.76. The van der Waals surface area contributed by atoms with Crippen molar-refractivity contribution in [2.75, 3.05) is 26.7 Å². The van der Waals surface area contributed by atoms with E-state index in [9.17, 15) is 0 Å². The number of nitrogens with two attached hydrogens (primary N) is 1. The lowest BCUT2D eigenvalue weighted by atomic mass is 10.2. The lowest BCUT2D eigenvalue weighted by molar-refractivity contribution is 0.402. The van der Waals surface area contributed by atoms with Gasteiger partial charge in [-0.2, -0.15) is 0 Å². The molecule has 0 spiro atoms. The molecule has 0 heterocycles. The largest absolute Gasteiger partial charge is 0.497 e. The summed E-state index contributed by atoms with van der Waals surface area (Å²) in [6.07, 6.45) is 1.04. The van der Waals surface area contributed by atoms with Gasteiger partial charge in [-0.3, -0.25) is 0 Å². The average Bonchev–Trinajstić information content (AvgIpc) is 2.36. The first-order valence-electron chi connectivity index (χ1n) is 6.42. The molecule has 0 aliphatic carbocycles. The van der Waals surface area contributed by atoms with Crippen LogP contribution in [0.15, 0.2) is 29.2 Å². The molecule has 1 rings (SSSR count). The van der Waals surface area contributed by atoms with Crippen LogP contribution in [0.1, 0.15) is 20.3 Å². The molecule has 2 N–H and O–H groups in total. The second kappa shape index (κ2) is 8.40. The van der Waals surface area contributed by atoms with E-state index in [2.05, 4.69) is 30.3 Å². The summed E-state index contributed by atoms with van der Waals surface area (Å²) in [5.41, 5.74) is 5.59. The molecular formula is C14H24N2OS. The molecule has 3 nitrogen and oxygen atoms in total. The van der Waals surface area contributed by atoms with Crippen LogP contribution in [0, 0.1) is 5.92 Å². The Morgan fingerprint density at radius 2 is 1.94 bits per heavy atom. The number of ether oxygens (including phenoxy) is 1. The van der Waals surface area contributed by atoms with Gasteiger partial charge in [0.25, 0.3) is 0 Å². The Balaban J connectivity index is 2.56. The Morgan fingerprint density at radius 3 is 2.44 bits per heavy atom.